The lowest BCUT2D eigenvalue weighted by Crippen LogP contribution is -2.44. The number of nitrogens with two attached hydrogens (primary N) is 1. The number of carboxylic acids is 4. The molecule has 2 amide bonds. The van der Waals surface area contributed by atoms with Crippen LogP contribution in [-0.4, -0.2) is 138 Å². The van der Waals surface area contributed by atoms with Gasteiger partial charge in [0.25, 0.3) is 0 Å². The highest BCUT2D eigenvalue weighted by Crippen LogP contribution is 2.22. The summed E-state index contributed by atoms with van der Waals surface area (Å²) in [6, 6.07) is 5.68. The summed E-state index contributed by atoms with van der Waals surface area (Å²) < 4.78 is 0. The first-order chi connectivity index (χ1) is 20.4. The van der Waals surface area contributed by atoms with Crippen molar-refractivity contribution in [2.45, 2.75) is 18.9 Å². The Labute approximate surface area is 248 Å². The third kappa shape index (κ3) is 17.4. The van der Waals surface area contributed by atoms with Gasteiger partial charge in [-0.25, -0.2) is 0 Å². The van der Waals surface area contributed by atoms with Gasteiger partial charge in [0, 0.05) is 70.4 Å². The van der Waals surface area contributed by atoms with Crippen LogP contribution in [-0.2, 0) is 28.8 Å². The number of hydrogen-bond donors (Lipinski definition) is 9. The number of amides is 2. The number of nitrogens with zero attached hydrogens (tertiary/aromatic N) is 2. The van der Waals surface area contributed by atoms with E-state index in [1.807, 2.05) is 0 Å². The highest BCUT2D eigenvalue weighted by Gasteiger charge is 2.25. The minimum absolute atomic E-state index is 0.0141. The van der Waals surface area contributed by atoms with Crippen LogP contribution in [0.1, 0.15) is 24.4 Å². The van der Waals surface area contributed by atoms with E-state index in [0.29, 0.717) is 17.8 Å². The SMILES string of the molecule is NCCNC(=O)CCC(=O)Nc1ccc(C(CNCCN(CCNCC(=O)O)CC(=O)O)N(CC(=O)O)CC(=O)O)cc1. The minimum atomic E-state index is -1.23. The van der Waals surface area contributed by atoms with Crippen LogP contribution in [0.15, 0.2) is 24.3 Å². The van der Waals surface area contributed by atoms with Crippen LogP contribution in [0.2, 0.25) is 0 Å². The second kappa shape index (κ2) is 20.7. The van der Waals surface area contributed by atoms with Crippen LogP contribution in [0, 0.1) is 0 Å². The van der Waals surface area contributed by atoms with Gasteiger partial charge in [-0.3, -0.25) is 38.6 Å². The summed E-state index contributed by atoms with van der Waals surface area (Å²) in [4.78, 5) is 71.7. The average Bonchev–Trinajstić information content (AvgIpc) is 2.92. The van der Waals surface area contributed by atoms with Crippen LogP contribution in [0.4, 0.5) is 5.69 Å². The minimum Gasteiger partial charge on any atom is -0.480 e. The van der Waals surface area contributed by atoms with E-state index in [-0.39, 0.29) is 71.1 Å². The number of carboxylic acid groups (broad SMARTS) is 4. The van der Waals surface area contributed by atoms with Crippen molar-refractivity contribution in [3.63, 3.8) is 0 Å². The van der Waals surface area contributed by atoms with E-state index >= 15 is 0 Å². The molecule has 0 heterocycles. The molecule has 0 aliphatic rings. The zero-order valence-electron chi connectivity index (χ0n) is 23.8. The number of hydrogen-bond acceptors (Lipinski definition) is 11. The quantitative estimate of drug-likeness (QED) is 0.0554. The topological polar surface area (TPSA) is 264 Å². The fraction of sp³-hybridized carbons (Fsp3) is 0.538. The Morgan fingerprint density at radius 3 is 1.81 bits per heavy atom. The zero-order chi connectivity index (χ0) is 32.2. The molecule has 0 saturated carbocycles. The van der Waals surface area contributed by atoms with Crippen molar-refractivity contribution in [3.8, 4) is 0 Å². The molecule has 0 fully saturated rings. The third-order valence-corrected chi connectivity index (χ3v) is 5.92. The van der Waals surface area contributed by atoms with Crippen molar-refractivity contribution >= 4 is 41.4 Å². The largest absolute Gasteiger partial charge is 0.480 e. The summed E-state index contributed by atoms with van der Waals surface area (Å²) in [6.45, 7) is 0.0756. The van der Waals surface area contributed by atoms with Gasteiger partial charge in [0.2, 0.25) is 11.8 Å². The van der Waals surface area contributed by atoms with E-state index in [1.54, 1.807) is 29.2 Å². The van der Waals surface area contributed by atoms with Crippen LogP contribution < -0.4 is 27.0 Å². The number of carbonyl (C=O) groups excluding carboxylic acids is 2. The molecular weight excluding hydrogens is 570 g/mol. The molecule has 43 heavy (non-hydrogen) atoms. The summed E-state index contributed by atoms with van der Waals surface area (Å²) in [6.07, 6.45) is -0.0655. The third-order valence-electron chi connectivity index (χ3n) is 5.92. The van der Waals surface area contributed by atoms with Gasteiger partial charge in [0.1, 0.15) is 0 Å². The first kappa shape index (κ1) is 36.9. The summed E-state index contributed by atoms with van der Waals surface area (Å²) in [5, 5.41) is 47.7. The van der Waals surface area contributed by atoms with Gasteiger partial charge >= 0.3 is 23.9 Å². The molecule has 0 saturated heterocycles. The molecule has 1 aromatic rings. The van der Waals surface area contributed by atoms with E-state index < -0.39 is 48.9 Å². The molecule has 1 aromatic carbocycles. The molecule has 17 nitrogen and oxygen atoms in total. The molecule has 10 N–H and O–H groups in total. The van der Waals surface area contributed by atoms with E-state index in [0.717, 1.165) is 0 Å². The average molecular weight is 612 g/mol. The van der Waals surface area contributed by atoms with Gasteiger partial charge in [0.05, 0.1) is 26.2 Å². The van der Waals surface area contributed by atoms with Gasteiger partial charge in [0.15, 0.2) is 0 Å². The number of benzene rings is 1. The van der Waals surface area contributed by atoms with Gasteiger partial charge < -0.3 is 47.4 Å². The van der Waals surface area contributed by atoms with Crippen molar-refractivity contribution in [2.24, 2.45) is 5.73 Å². The maximum Gasteiger partial charge on any atom is 0.317 e. The fourth-order valence-corrected chi connectivity index (χ4v) is 3.99. The summed E-state index contributed by atoms with van der Waals surface area (Å²) in [5.74, 6) is -5.25. The maximum absolute atomic E-state index is 12.2. The molecule has 240 valence electrons. The molecule has 0 bridgehead atoms. The van der Waals surface area contributed by atoms with Gasteiger partial charge in [-0.1, -0.05) is 12.1 Å². The number of nitrogens with one attached hydrogen (secondary N) is 4. The number of carbonyl (C=O) groups is 6. The Balaban J connectivity index is 2.90. The Morgan fingerprint density at radius 1 is 0.721 bits per heavy atom. The highest BCUT2D eigenvalue weighted by atomic mass is 16.4. The molecule has 0 radical (unpaired) electrons. The molecule has 0 spiro atoms. The van der Waals surface area contributed by atoms with Crippen LogP contribution in [0.3, 0.4) is 0 Å². The van der Waals surface area contributed by atoms with E-state index in [9.17, 15) is 44.1 Å². The summed E-state index contributed by atoms with van der Waals surface area (Å²) >= 11 is 0. The monoisotopic (exact) mass is 611 g/mol. The summed E-state index contributed by atoms with van der Waals surface area (Å²) in [7, 11) is 0. The highest BCUT2D eigenvalue weighted by molar-refractivity contribution is 5.93. The lowest BCUT2D eigenvalue weighted by molar-refractivity contribution is -0.143. The van der Waals surface area contributed by atoms with Crippen molar-refractivity contribution in [1.29, 1.82) is 0 Å². The Kier molecular flexibility index (Phi) is 17.7. The van der Waals surface area contributed by atoms with E-state index in [2.05, 4.69) is 21.3 Å². The number of anilines is 1. The fourth-order valence-electron chi connectivity index (χ4n) is 3.99. The second-order valence-corrected chi connectivity index (χ2v) is 9.46. The lowest BCUT2D eigenvalue weighted by Gasteiger charge is -2.30. The van der Waals surface area contributed by atoms with Crippen LogP contribution >= 0.6 is 0 Å². The zero-order valence-corrected chi connectivity index (χ0v) is 23.8. The summed E-state index contributed by atoms with van der Waals surface area (Å²) in [5.41, 5.74) is 6.31. The van der Waals surface area contributed by atoms with Crippen molar-refractivity contribution < 1.29 is 49.2 Å². The molecule has 1 atom stereocenters. The predicted molar refractivity (Wildman–Crippen MR) is 153 cm³/mol. The predicted octanol–water partition coefficient (Wildman–Crippen LogP) is -2.36. The Bertz CT molecular complexity index is 1050. The Hall–Kier alpha value is -4.16. The van der Waals surface area contributed by atoms with Crippen molar-refractivity contribution in [1.82, 2.24) is 25.8 Å². The van der Waals surface area contributed by atoms with Crippen molar-refractivity contribution in [2.75, 3.05) is 77.3 Å². The maximum atomic E-state index is 12.2. The molecule has 1 rings (SSSR count). The molecule has 17 heteroatoms. The molecule has 0 aliphatic carbocycles. The normalized spacial score (nSPS) is 11.7. The second-order valence-electron chi connectivity index (χ2n) is 9.46. The van der Waals surface area contributed by atoms with Crippen LogP contribution in [0.5, 0.6) is 0 Å². The Morgan fingerprint density at radius 2 is 1.28 bits per heavy atom. The van der Waals surface area contributed by atoms with E-state index in [1.165, 1.54) is 4.90 Å². The first-order valence-corrected chi connectivity index (χ1v) is 13.5. The van der Waals surface area contributed by atoms with Gasteiger partial charge in [-0.05, 0) is 17.7 Å². The molecular formula is C26H41N7O10. The standard InChI is InChI=1S/C26H41N7O10/c27-7-8-30-21(34)5-6-22(35)31-19-3-1-18(2-4-19)20(33(16-25(40)41)17-26(42)43)13-28-9-11-32(15-24(38)39)12-10-29-14-23(36)37/h1-4,20,28-29H,5-17,27H2,(H,30,34)(H,31,35)(H,36,37)(H,38,39)(H,40,41)(H,42,43). The number of aliphatic carboxylic acids is 4. The van der Waals surface area contributed by atoms with Gasteiger partial charge in [-0.2, -0.15) is 0 Å². The molecule has 0 aromatic heterocycles. The number of rotatable bonds is 24. The van der Waals surface area contributed by atoms with Crippen molar-refractivity contribution in [3.05, 3.63) is 29.8 Å². The lowest BCUT2D eigenvalue weighted by atomic mass is 10.0. The smallest absolute Gasteiger partial charge is 0.317 e. The molecule has 0 aliphatic heterocycles. The van der Waals surface area contributed by atoms with E-state index in [4.69, 9.17) is 10.8 Å². The van der Waals surface area contributed by atoms with Crippen LogP contribution in [0.25, 0.3) is 0 Å². The molecule has 1 unspecified atom stereocenters. The van der Waals surface area contributed by atoms with Gasteiger partial charge in [-0.15, -0.1) is 0 Å². The first-order valence-electron chi connectivity index (χ1n) is 13.5.